The summed E-state index contributed by atoms with van der Waals surface area (Å²) in [5.41, 5.74) is 0. The van der Waals surface area contributed by atoms with Gasteiger partial charge in [0.25, 0.3) is 10.0 Å². The van der Waals surface area contributed by atoms with Gasteiger partial charge in [0.2, 0.25) is 0 Å². The Morgan fingerprint density at radius 3 is 2.65 bits per heavy atom. The Bertz CT molecular complexity index is 486. The molecule has 1 N–H and O–H groups in total. The molecule has 0 amide bonds. The number of alkyl halides is 1. The minimum absolute atomic E-state index is 0.00255. The third-order valence-electron chi connectivity index (χ3n) is 2.82. The average Bonchev–Trinajstić information content (AvgIpc) is 2.68. The van der Waals surface area contributed by atoms with E-state index in [0.29, 0.717) is 8.68 Å². The first-order valence-corrected chi connectivity index (χ1v) is 9.47. The molecule has 1 saturated carbocycles. The first-order chi connectivity index (χ1) is 8.00. The second-order valence-electron chi connectivity index (χ2n) is 4.08. The third-order valence-corrected chi connectivity index (χ3v) is 8.07. The zero-order valence-electron chi connectivity index (χ0n) is 9.03. The van der Waals surface area contributed by atoms with Crippen molar-refractivity contribution < 1.29 is 8.42 Å². The Kier molecular flexibility index (Phi) is 4.68. The van der Waals surface area contributed by atoms with E-state index >= 15 is 0 Å². The normalized spacial score (nSPS) is 26.0. The van der Waals surface area contributed by atoms with E-state index in [-0.39, 0.29) is 10.9 Å². The van der Waals surface area contributed by atoms with Crippen molar-refractivity contribution in [1.82, 2.24) is 4.72 Å². The van der Waals surface area contributed by atoms with Gasteiger partial charge >= 0.3 is 0 Å². The molecule has 1 aromatic rings. The third kappa shape index (κ3) is 3.32. The Hall–Kier alpha value is 0.570. The summed E-state index contributed by atoms with van der Waals surface area (Å²) >= 11 is 8.05. The highest BCUT2D eigenvalue weighted by Gasteiger charge is 2.29. The van der Waals surface area contributed by atoms with Crippen LogP contribution in [-0.4, -0.2) is 19.3 Å². The van der Waals surface area contributed by atoms with Crippen molar-refractivity contribution in [2.45, 2.75) is 40.8 Å². The Labute approximate surface area is 122 Å². The van der Waals surface area contributed by atoms with E-state index < -0.39 is 10.0 Å². The van der Waals surface area contributed by atoms with Gasteiger partial charge in [0.05, 0.1) is 0 Å². The molecule has 1 heterocycles. The van der Waals surface area contributed by atoms with Crippen LogP contribution in [0.2, 0.25) is 0 Å². The summed E-state index contributed by atoms with van der Waals surface area (Å²) in [5, 5.41) is 1.77. The van der Waals surface area contributed by atoms with Crippen molar-refractivity contribution in [3.63, 3.8) is 0 Å². The van der Waals surface area contributed by atoms with Gasteiger partial charge in [-0.1, -0.05) is 28.8 Å². The molecule has 1 fully saturated rings. The number of hydrogen-bond donors (Lipinski definition) is 1. The van der Waals surface area contributed by atoms with Crippen molar-refractivity contribution in [3.05, 3.63) is 15.9 Å². The van der Waals surface area contributed by atoms with Crippen LogP contribution < -0.4 is 4.72 Å². The maximum absolute atomic E-state index is 12.2. The van der Waals surface area contributed by atoms with Gasteiger partial charge in [-0.15, -0.1) is 11.3 Å². The van der Waals surface area contributed by atoms with Crippen LogP contribution in [0.25, 0.3) is 0 Å². The highest BCUT2D eigenvalue weighted by molar-refractivity contribution is 9.10. The fourth-order valence-electron chi connectivity index (χ4n) is 1.94. The molecule has 0 saturated heterocycles. The lowest BCUT2D eigenvalue weighted by molar-refractivity contribution is 0.427. The molecule has 2 rings (SSSR count). The maximum atomic E-state index is 12.2. The molecule has 0 bridgehead atoms. The minimum Gasteiger partial charge on any atom is -0.206 e. The van der Waals surface area contributed by atoms with E-state index in [0.717, 1.165) is 25.7 Å². The molecule has 2 unspecified atom stereocenters. The second-order valence-corrected chi connectivity index (χ2v) is 8.94. The quantitative estimate of drug-likeness (QED) is 0.786. The van der Waals surface area contributed by atoms with Crippen LogP contribution >= 0.6 is 43.2 Å². The van der Waals surface area contributed by atoms with Gasteiger partial charge in [0.15, 0.2) is 0 Å². The molecule has 0 aliphatic heterocycles. The zero-order valence-corrected chi connectivity index (χ0v) is 13.8. The summed E-state index contributed by atoms with van der Waals surface area (Å²) < 4.78 is 28.1. The lowest BCUT2D eigenvalue weighted by Crippen LogP contribution is -2.42. The predicted molar refractivity (Wildman–Crippen MR) is 77.3 cm³/mol. The number of thiophene rings is 1. The van der Waals surface area contributed by atoms with Gasteiger partial charge in [-0.05, 0) is 40.2 Å². The second kappa shape index (κ2) is 5.69. The molecule has 1 aromatic heterocycles. The van der Waals surface area contributed by atoms with E-state index in [9.17, 15) is 8.42 Å². The van der Waals surface area contributed by atoms with Crippen LogP contribution in [0.1, 0.15) is 25.7 Å². The smallest absolute Gasteiger partial charge is 0.206 e. The van der Waals surface area contributed by atoms with E-state index in [2.05, 4.69) is 36.6 Å². The van der Waals surface area contributed by atoms with Crippen molar-refractivity contribution in [2.24, 2.45) is 0 Å². The lowest BCUT2D eigenvalue weighted by atomic mass is 9.96. The van der Waals surface area contributed by atoms with E-state index in [1.54, 1.807) is 11.4 Å². The van der Waals surface area contributed by atoms with Crippen molar-refractivity contribution >= 4 is 53.2 Å². The largest absolute Gasteiger partial charge is 0.251 e. The molecular weight excluding hydrogens is 390 g/mol. The average molecular weight is 403 g/mol. The molecule has 2 atom stereocenters. The summed E-state index contributed by atoms with van der Waals surface area (Å²) in [6.45, 7) is 0. The molecule has 7 heteroatoms. The molecule has 0 spiro atoms. The first kappa shape index (κ1) is 14.0. The van der Waals surface area contributed by atoms with Gasteiger partial charge in [-0.3, -0.25) is 0 Å². The highest BCUT2D eigenvalue weighted by atomic mass is 79.9. The van der Waals surface area contributed by atoms with E-state index in [1.165, 1.54) is 11.3 Å². The SMILES string of the molecule is O=S(=O)(NC1CCCCC1Br)c1sccc1Br. The van der Waals surface area contributed by atoms with Gasteiger partial charge in [0, 0.05) is 15.3 Å². The Morgan fingerprint density at radius 2 is 2.06 bits per heavy atom. The summed E-state index contributed by atoms with van der Waals surface area (Å²) in [5.74, 6) is 0. The van der Waals surface area contributed by atoms with Crippen LogP contribution in [0.3, 0.4) is 0 Å². The van der Waals surface area contributed by atoms with Gasteiger partial charge in [0.1, 0.15) is 4.21 Å². The van der Waals surface area contributed by atoms with Gasteiger partial charge < -0.3 is 0 Å². The van der Waals surface area contributed by atoms with E-state index in [4.69, 9.17) is 0 Å². The molecule has 1 aliphatic carbocycles. The van der Waals surface area contributed by atoms with Crippen molar-refractivity contribution in [1.29, 1.82) is 0 Å². The molecule has 1 aliphatic rings. The van der Waals surface area contributed by atoms with Gasteiger partial charge in [-0.25, -0.2) is 13.1 Å². The highest BCUT2D eigenvalue weighted by Crippen LogP contribution is 2.30. The fourth-order valence-corrected chi connectivity index (χ4v) is 6.50. The van der Waals surface area contributed by atoms with Crippen LogP contribution in [0.4, 0.5) is 0 Å². The van der Waals surface area contributed by atoms with Crippen LogP contribution in [0.5, 0.6) is 0 Å². The number of halogens is 2. The number of rotatable bonds is 3. The van der Waals surface area contributed by atoms with Crippen molar-refractivity contribution in [3.8, 4) is 0 Å². The maximum Gasteiger partial charge on any atom is 0.251 e. The lowest BCUT2D eigenvalue weighted by Gasteiger charge is -2.27. The monoisotopic (exact) mass is 401 g/mol. The fraction of sp³-hybridized carbons (Fsp3) is 0.600. The zero-order chi connectivity index (χ0) is 12.5. The van der Waals surface area contributed by atoms with Crippen LogP contribution in [-0.2, 0) is 10.0 Å². The number of nitrogens with one attached hydrogen (secondary N) is 1. The summed E-state index contributed by atoms with van der Waals surface area (Å²) in [6, 6.07) is 1.76. The Morgan fingerprint density at radius 1 is 1.35 bits per heavy atom. The van der Waals surface area contributed by atoms with Crippen LogP contribution in [0, 0.1) is 0 Å². The van der Waals surface area contributed by atoms with Gasteiger partial charge in [-0.2, -0.15) is 0 Å². The summed E-state index contributed by atoms with van der Waals surface area (Å²) in [6.07, 6.45) is 4.18. The number of sulfonamides is 1. The summed E-state index contributed by atoms with van der Waals surface area (Å²) in [7, 11) is -3.39. The first-order valence-electron chi connectivity index (χ1n) is 5.40. The molecule has 3 nitrogen and oxygen atoms in total. The minimum atomic E-state index is -3.39. The predicted octanol–water partition coefficient (Wildman–Crippen LogP) is 3.50. The molecule has 17 heavy (non-hydrogen) atoms. The Balaban J connectivity index is 2.15. The number of hydrogen-bond acceptors (Lipinski definition) is 3. The van der Waals surface area contributed by atoms with Crippen molar-refractivity contribution in [2.75, 3.05) is 0 Å². The molecule has 0 aromatic carbocycles. The molecule has 0 radical (unpaired) electrons. The standard InChI is InChI=1S/C10H13Br2NO2S2/c11-7-3-1-2-4-9(7)13-17(14,15)10-8(12)5-6-16-10/h5-7,9,13H,1-4H2. The topological polar surface area (TPSA) is 46.2 Å². The molecule has 96 valence electrons. The molecular formula is C10H13Br2NO2S2. The van der Waals surface area contributed by atoms with E-state index in [1.807, 2.05) is 0 Å². The van der Waals surface area contributed by atoms with Crippen LogP contribution in [0.15, 0.2) is 20.1 Å². The summed E-state index contributed by atoms with van der Waals surface area (Å²) in [4.78, 5) is 0.241.